The molecule has 2 heteroatoms. The summed E-state index contributed by atoms with van der Waals surface area (Å²) in [6.45, 7) is 2.26. The highest BCUT2D eigenvalue weighted by Gasteiger charge is 2.40. The molecule has 0 aromatic heterocycles. The molecule has 0 radical (unpaired) electrons. The van der Waals surface area contributed by atoms with Crippen LogP contribution in [0.15, 0.2) is 0 Å². The van der Waals surface area contributed by atoms with E-state index in [-0.39, 0.29) is 5.60 Å². The molecular formula is C11H21NO. The van der Waals surface area contributed by atoms with Crippen molar-refractivity contribution in [3.8, 4) is 0 Å². The van der Waals surface area contributed by atoms with Gasteiger partial charge in [0.25, 0.3) is 0 Å². The van der Waals surface area contributed by atoms with E-state index in [9.17, 15) is 0 Å². The number of methoxy groups -OCH3 is 1. The molecule has 2 nitrogen and oxygen atoms in total. The molecule has 1 unspecified atom stereocenters. The molecule has 1 atom stereocenters. The van der Waals surface area contributed by atoms with Gasteiger partial charge in [-0.1, -0.05) is 12.8 Å². The van der Waals surface area contributed by atoms with Crippen molar-refractivity contribution in [3.05, 3.63) is 0 Å². The Kier molecular flexibility index (Phi) is 2.89. The largest absolute Gasteiger partial charge is 0.377 e. The molecule has 1 heterocycles. The predicted octanol–water partition coefficient (Wildman–Crippen LogP) is 1.95. The summed E-state index contributed by atoms with van der Waals surface area (Å²) >= 11 is 0. The maximum absolute atomic E-state index is 5.80. The van der Waals surface area contributed by atoms with Crippen LogP contribution in [0.4, 0.5) is 0 Å². The monoisotopic (exact) mass is 183 g/mol. The van der Waals surface area contributed by atoms with Crippen molar-refractivity contribution in [2.45, 2.75) is 44.1 Å². The summed E-state index contributed by atoms with van der Waals surface area (Å²) < 4.78 is 5.80. The molecule has 0 amide bonds. The third-order valence-electron chi connectivity index (χ3n) is 3.88. The molecule has 1 saturated carbocycles. The highest BCUT2D eigenvalue weighted by atomic mass is 16.5. The lowest BCUT2D eigenvalue weighted by Gasteiger charge is -2.41. The van der Waals surface area contributed by atoms with Crippen LogP contribution in [-0.2, 0) is 4.74 Å². The Balaban J connectivity index is 2.03. The van der Waals surface area contributed by atoms with Gasteiger partial charge in [-0.3, -0.25) is 0 Å². The maximum Gasteiger partial charge on any atom is 0.0830 e. The van der Waals surface area contributed by atoms with Crippen LogP contribution in [0.25, 0.3) is 0 Å². The lowest BCUT2D eigenvalue weighted by atomic mass is 9.80. The third-order valence-corrected chi connectivity index (χ3v) is 3.88. The van der Waals surface area contributed by atoms with Crippen LogP contribution in [0.3, 0.4) is 0 Å². The Morgan fingerprint density at radius 1 is 1.23 bits per heavy atom. The molecule has 2 rings (SSSR count). The van der Waals surface area contributed by atoms with Gasteiger partial charge >= 0.3 is 0 Å². The minimum Gasteiger partial charge on any atom is -0.377 e. The van der Waals surface area contributed by atoms with E-state index in [1.807, 2.05) is 7.11 Å². The summed E-state index contributed by atoms with van der Waals surface area (Å²) in [7, 11) is 1.89. The van der Waals surface area contributed by atoms with Crippen molar-refractivity contribution in [2.24, 2.45) is 5.92 Å². The Hall–Kier alpha value is -0.0800. The molecule has 2 fully saturated rings. The standard InChI is InChI=1S/C11H21NO/c1-13-11(7-4-8-12-9-11)10-5-2-3-6-10/h10,12H,2-9H2,1H3. The molecule has 1 saturated heterocycles. The number of nitrogens with one attached hydrogen (secondary N) is 1. The van der Waals surface area contributed by atoms with Crippen LogP contribution in [0, 0.1) is 5.92 Å². The summed E-state index contributed by atoms with van der Waals surface area (Å²) in [4.78, 5) is 0. The summed E-state index contributed by atoms with van der Waals surface area (Å²) in [5, 5.41) is 3.48. The number of hydrogen-bond acceptors (Lipinski definition) is 2. The van der Waals surface area contributed by atoms with Gasteiger partial charge in [0, 0.05) is 13.7 Å². The zero-order chi connectivity index (χ0) is 9.15. The second-order valence-corrected chi connectivity index (χ2v) is 4.53. The number of rotatable bonds is 2. The van der Waals surface area contributed by atoms with Gasteiger partial charge in [-0.25, -0.2) is 0 Å². The molecule has 1 N–H and O–H groups in total. The van der Waals surface area contributed by atoms with Gasteiger partial charge in [-0.15, -0.1) is 0 Å². The van der Waals surface area contributed by atoms with Crippen LogP contribution < -0.4 is 5.32 Å². The Morgan fingerprint density at radius 3 is 2.54 bits per heavy atom. The summed E-state index contributed by atoms with van der Waals surface area (Å²) in [5.74, 6) is 0.824. The summed E-state index contributed by atoms with van der Waals surface area (Å²) in [5.41, 5.74) is 0.189. The van der Waals surface area contributed by atoms with Crippen molar-refractivity contribution >= 4 is 0 Å². The van der Waals surface area contributed by atoms with Gasteiger partial charge in [-0.05, 0) is 38.1 Å². The van der Waals surface area contributed by atoms with E-state index in [1.54, 1.807) is 0 Å². The quantitative estimate of drug-likeness (QED) is 0.706. The molecule has 13 heavy (non-hydrogen) atoms. The molecular weight excluding hydrogens is 162 g/mol. The second kappa shape index (κ2) is 3.97. The first-order chi connectivity index (χ1) is 6.37. The molecule has 1 aliphatic carbocycles. The first-order valence-corrected chi connectivity index (χ1v) is 5.63. The first kappa shape index (κ1) is 9.47. The van der Waals surface area contributed by atoms with Crippen molar-refractivity contribution < 1.29 is 4.74 Å². The van der Waals surface area contributed by atoms with Gasteiger partial charge < -0.3 is 10.1 Å². The minimum absolute atomic E-state index is 0.189. The molecule has 0 aromatic carbocycles. The summed E-state index contributed by atoms with van der Waals surface area (Å²) in [6, 6.07) is 0. The fraction of sp³-hybridized carbons (Fsp3) is 1.00. The molecule has 0 aromatic rings. The maximum atomic E-state index is 5.80. The average Bonchev–Trinajstić information content (AvgIpc) is 2.72. The topological polar surface area (TPSA) is 21.3 Å². The lowest BCUT2D eigenvalue weighted by molar-refractivity contribution is -0.0719. The Morgan fingerprint density at radius 2 is 2.00 bits per heavy atom. The van der Waals surface area contributed by atoms with Crippen molar-refractivity contribution in [1.29, 1.82) is 0 Å². The number of ether oxygens (including phenoxy) is 1. The van der Waals surface area contributed by atoms with Crippen LogP contribution in [0.2, 0.25) is 0 Å². The second-order valence-electron chi connectivity index (χ2n) is 4.53. The third kappa shape index (κ3) is 1.75. The molecule has 2 aliphatic rings. The van der Waals surface area contributed by atoms with E-state index in [4.69, 9.17) is 4.74 Å². The fourth-order valence-corrected chi connectivity index (χ4v) is 3.04. The predicted molar refractivity (Wildman–Crippen MR) is 53.8 cm³/mol. The number of piperidine rings is 1. The van der Waals surface area contributed by atoms with E-state index in [2.05, 4.69) is 5.32 Å². The molecule has 0 bridgehead atoms. The zero-order valence-electron chi connectivity index (χ0n) is 8.64. The van der Waals surface area contributed by atoms with Crippen LogP contribution in [-0.4, -0.2) is 25.8 Å². The van der Waals surface area contributed by atoms with Gasteiger partial charge in [0.15, 0.2) is 0 Å². The van der Waals surface area contributed by atoms with E-state index in [0.29, 0.717) is 0 Å². The van der Waals surface area contributed by atoms with Gasteiger partial charge in [0.1, 0.15) is 0 Å². The van der Waals surface area contributed by atoms with Gasteiger partial charge in [0.2, 0.25) is 0 Å². The van der Waals surface area contributed by atoms with Gasteiger partial charge in [-0.2, -0.15) is 0 Å². The van der Waals surface area contributed by atoms with Crippen molar-refractivity contribution in [3.63, 3.8) is 0 Å². The van der Waals surface area contributed by atoms with E-state index < -0.39 is 0 Å². The smallest absolute Gasteiger partial charge is 0.0830 e. The van der Waals surface area contributed by atoms with Gasteiger partial charge in [0.05, 0.1) is 5.60 Å². The van der Waals surface area contributed by atoms with Crippen LogP contribution in [0.1, 0.15) is 38.5 Å². The van der Waals surface area contributed by atoms with Crippen LogP contribution in [0.5, 0.6) is 0 Å². The summed E-state index contributed by atoms with van der Waals surface area (Å²) in [6.07, 6.45) is 8.14. The average molecular weight is 183 g/mol. The lowest BCUT2D eigenvalue weighted by Crippen LogP contribution is -2.51. The van der Waals surface area contributed by atoms with Crippen molar-refractivity contribution in [2.75, 3.05) is 20.2 Å². The normalized spacial score (nSPS) is 36.7. The molecule has 76 valence electrons. The number of hydrogen-bond donors (Lipinski definition) is 1. The Bertz CT molecular complexity index is 157. The van der Waals surface area contributed by atoms with E-state index >= 15 is 0 Å². The van der Waals surface area contributed by atoms with E-state index in [1.165, 1.54) is 45.1 Å². The van der Waals surface area contributed by atoms with E-state index in [0.717, 1.165) is 12.5 Å². The van der Waals surface area contributed by atoms with Crippen LogP contribution >= 0.6 is 0 Å². The molecule has 1 aliphatic heterocycles. The Labute approximate surface area is 81.0 Å². The fourth-order valence-electron chi connectivity index (χ4n) is 3.04. The highest BCUT2D eigenvalue weighted by Crippen LogP contribution is 2.39. The highest BCUT2D eigenvalue weighted by molar-refractivity contribution is 4.94. The molecule has 0 spiro atoms. The zero-order valence-corrected chi connectivity index (χ0v) is 8.64. The first-order valence-electron chi connectivity index (χ1n) is 5.63. The van der Waals surface area contributed by atoms with Crippen molar-refractivity contribution in [1.82, 2.24) is 5.32 Å². The minimum atomic E-state index is 0.189. The SMILES string of the molecule is COC1(C2CCCC2)CCCNC1.